The summed E-state index contributed by atoms with van der Waals surface area (Å²) in [5.74, 6) is 0.0406. The highest BCUT2D eigenvalue weighted by molar-refractivity contribution is 7.88. The smallest absolute Gasteiger partial charge is 0.227 e. The van der Waals surface area contributed by atoms with E-state index in [1.165, 1.54) is 10.6 Å². The normalized spacial score (nSPS) is 30.3. The van der Waals surface area contributed by atoms with Crippen molar-refractivity contribution < 1.29 is 13.2 Å². The number of piperazine rings is 1. The van der Waals surface area contributed by atoms with Gasteiger partial charge in [0, 0.05) is 32.2 Å². The van der Waals surface area contributed by atoms with Crippen LogP contribution in [-0.4, -0.2) is 62.0 Å². The molecule has 2 atom stereocenters. The highest BCUT2D eigenvalue weighted by atomic mass is 32.2. The summed E-state index contributed by atoms with van der Waals surface area (Å²) in [5.41, 5.74) is 6.03. The molecule has 1 amide bonds. The molecule has 1 heterocycles. The minimum absolute atomic E-state index is 0.0332. The maximum Gasteiger partial charge on any atom is 0.227 e. The molecule has 1 saturated carbocycles. The zero-order valence-electron chi connectivity index (χ0n) is 11.4. The standard InChI is InChI=1S/C12H23N3O3S/c1-19(17,18)15-8-6-14(7-9-15)12(16)10-4-2-3-5-11(10)13/h10-11H,2-9,13H2,1H3. The molecule has 0 aromatic heterocycles. The molecule has 0 aromatic carbocycles. The summed E-state index contributed by atoms with van der Waals surface area (Å²) in [7, 11) is -3.14. The molecule has 2 rings (SSSR count). The van der Waals surface area contributed by atoms with Crippen LogP contribution in [0, 0.1) is 5.92 Å². The topological polar surface area (TPSA) is 83.7 Å². The average molecular weight is 289 g/mol. The summed E-state index contributed by atoms with van der Waals surface area (Å²) in [6.07, 6.45) is 5.16. The molecule has 0 radical (unpaired) electrons. The second-order valence-corrected chi connectivity index (χ2v) is 7.52. The van der Waals surface area contributed by atoms with Crippen LogP contribution in [0.3, 0.4) is 0 Å². The number of sulfonamides is 1. The van der Waals surface area contributed by atoms with Crippen LogP contribution in [0.2, 0.25) is 0 Å². The summed E-state index contributed by atoms with van der Waals surface area (Å²) in [6.45, 7) is 1.75. The Balaban J connectivity index is 1.92. The molecule has 2 fully saturated rings. The van der Waals surface area contributed by atoms with Gasteiger partial charge in [-0.3, -0.25) is 4.79 Å². The number of nitrogens with zero attached hydrogens (tertiary/aromatic N) is 2. The number of rotatable bonds is 2. The van der Waals surface area contributed by atoms with E-state index < -0.39 is 10.0 Å². The Kier molecular flexibility index (Phi) is 4.47. The SMILES string of the molecule is CS(=O)(=O)N1CCN(C(=O)C2CCCCC2N)CC1. The maximum absolute atomic E-state index is 12.4. The number of amides is 1. The first kappa shape index (κ1) is 14.7. The van der Waals surface area contributed by atoms with Crippen LogP contribution in [0.25, 0.3) is 0 Å². The Hall–Kier alpha value is -0.660. The lowest BCUT2D eigenvalue weighted by atomic mass is 9.84. The molecule has 2 unspecified atom stereocenters. The van der Waals surface area contributed by atoms with E-state index in [-0.39, 0.29) is 17.9 Å². The van der Waals surface area contributed by atoms with Gasteiger partial charge < -0.3 is 10.6 Å². The van der Waals surface area contributed by atoms with Crippen LogP contribution in [0.4, 0.5) is 0 Å². The van der Waals surface area contributed by atoms with Gasteiger partial charge in [0.2, 0.25) is 15.9 Å². The van der Waals surface area contributed by atoms with Crippen LogP contribution in [0.5, 0.6) is 0 Å². The van der Waals surface area contributed by atoms with Gasteiger partial charge in [0.15, 0.2) is 0 Å². The lowest BCUT2D eigenvalue weighted by Crippen LogP contribution is -2.54. The van der Waals surface area contributed by atoms with E-state index in [4.69, 9.17) is 5.73 Å². The van der Waals surface area contributed by atoms with Gasteiger partial charge in [-0.2, -0.15) is 4.31 Å². The lowest BCUT2D eigenvalue weighted by molar-refractivity contribution is -0.138. The van der Waals surface area contributed by atoms with Crippen molar-refractivity contribution in [1.29, 1.82) is 0 Å². The maximum atomic E-state index is 12.4. The third-order valence-electron chi connectivity index (χ3n) is 4.16. The summed E-state index contributed by atoms with van der Waals surface area (Å²) < 4.78 is 24.3. The van der Waals surface area contributed by atoms with E-state index >= 15 is 0 Å². The van der Waals surface area contributed by atoms with Crippen molar-refractivity contribution in [2.75, 3.05) is 32.4 Å². The molecule has 110 valence electrons. The van der Waals surface area contributed by atoms with Crippen LogP contribution in [-0.2, 0) is 14.8 Å². The van der Waals surface area contributed by atoms with Gasteiger partial charge >= 0.3 is 0 Å². The fraction of sp³-hybridized carbons (Fsp3) is 0.917. The van der Waals surface area contributed by atoms with Crippen LogP contribution in [0.1, 0.15) is 25.7 Å². The molecule has 0 bridgehead atoms. The van der Waals surface area contributed by atoms with Gasteiger partial charge in [0.05, 0.1) is 12.2 Å². The zero-order valence-corrected chi connectivity index (χ0v) is 12.2. The molecule has 0 aromatic rings. The highest BCUT2D eigenvalue weighted by Crippen LogP contribution is 2.25. The van der Waals surface area contributed by atoms with Crippen LogP contribution >= 0.6 is 0 Å². The van der Waals surface area contributed by atoms with Crippen molar-refractivity contribution in [2.24, 2.45) is 11.7 Å². The van der Waals surface area contributed by atoms with Crippen LogP contribution < -0.4 is 5.73 Å². The quantitative estimate of drug-likeness (QED) is 0.750. The van der Waals surface area contributed by atoms with Crippen molar-refractivity contribution in [1.82, 2.24) is 9.21 Å². The minimum atomic E-state index is -3.14. The summed E-state index contributed by atoms with van der Waals surface area (Å²) in [6, 6.07) is -0.0332. The van der Waals surface area contributed by atoms with E-state index in [9.17, 15) is 13.2 Å². The first-order chi connectivity index (χ1) is 8.89. The number of carbonyl (C=O) groups excluding carboxylic acids is 1. The number of nitrogens with two attached hydrogens (primary N) is 1. The van der Waals surface area contributed by atoms with Gasteiger partial charge in [-0.1, -0.05) is 12.8 Å². The predicted octanol–water partition coefficient (Wildman–Crippen LogP) is -0.392. The molecule has 7 heteroatoms. The Morgan fingerprint density at radius 1 is 1.11 bits per heavy atom. The molecule has 6 nitrogen and oxygen atoms in total. The second-order valence-electron chi connectivity index (χ2n) is 5.54. The van der Waals surface area contributed by atoms with Gasteiger partial charge in [-0.05, 0) is 12.8 Å². The third kappa shape index (κ3) is 3.46. The Bertz CT molecular complexity index is 430. The van der Waals surface area contributed by atoms with Crippen molar-refractivity contribution in [2.45, 2.75) is 31.7 Å². The summed E-state index contributed by atoms with van der Waals surface area (Å²) in [4.78, 5) is 14.2. The number of hydrogen-bond donors (Lipinski definition) is 1. The molecular weight excluding hydrogens is 266 g/mol. The fourth-order valence-electron chi connectivity index (χ4n) is 2.94. The van der Waals surface area contributed by atoms with Gasteiger partial charge in [0.25, 0.3) is 0 Å². The second kappa shape index (κ2) is 5.76. The molecule has 19 heavy (non-hydrogen) atoms. The summed E-state index contributed by atoms with van der Waals surface area (Å²) in [5, 5.41) is 0. The first-order valence-electron chi connectivity index (χ1n) is 6.89. The van der Waals surface area contributed by atoms with Crippen LogP contribution in [0.15, 0.2) is 0 Å². The van der Waals surface area contributed by atoms with Gasteiger partial charge in [-0.25, -0.2) is 8.42 Å². The number of carbonyl (C=O) groups is 1. The lowest BCUT2D eigenvalue weighted by Gasteiger charge is -2.37. The molecule has 2 N–H and O–H groups in total. The first-order valence-corrected chi connectivity index (χ1v) is 8.74. The van der Waals surface area contributed by atoms with E-state index in [1.54, 1.807) is 4.90 Å². The Morgan fingerprint density at radius 2 is 1.68 bits per heavy atom. The molecule has 1 saturated heterocycles. The third-order valence-corrected chi connectivity index (χ3v) is 5.46. The highest BCUT2D eigenvalue weighted by Gasteiger charge is 2.34. The predicted molar refractivity (Wildman–Crippen MR) is 72.9 cm³/mol. The fourth-order valence-corrected chi connectivity index (χ4v) is 3.77. The zero-order chi connectivity index (χ0) is 14.0. The summed E-state index contributed by atoms with van der Waals surface area (Å²) >= 11 is 0. The van der Waals surface area contributed by atoms with Crippen molar-refractivity contribution >= 4 is 15.9 Å². The van der Waals surface area contributed by atoms with E-state index in [2.05, 4.69) is 0 Å². The van der Waals surface area contributed by atoms with E-state index in [1.807, 2.05) is 0 Å². The largest absolute Gasteiger partial charge is 0.340 e. The molecule has 1 aliphatic heterocycles. The minimum Gasteiger partial charge on any atom is -0.340 e. The van der Waals surface area contributed by atoms with Gasteiger partial charge in [-0.15, -0.1) is 0 Å². The molecule has 2 aliphatic rings. The molecule has 0 spiro atoms. The van der Waals surface area contributed by atoms with Gasteiger partial charge in [0.1, 0.15) is 0 Å². The number of hydrogen-bond acceptors (Lipinski definition) is 4. The van der Waals surface area contributed by atoms with Crippen molar-refractivity contribution in [3.8, 4) is 0 Å². The Labute approximate surface area is 115 Å². The van der Waals surface area contributed by atoms with Crippen molar-refractivity contribution in [3.63, 3.8) is 0 Å². The average Bonchev–Trinajstić information content (AvgIpc) is 2.38. The van der Waals surface area contributed by atoms with Crippen molar-refractivity contribution in [3.05, 3.63) is 0 Å². The monoisotopic (exact) mass is 289 g/mol. The molecule has 1 aliphatic carbocycles. The molecular formula is C12H23N3O3S. The Morgan fingerprint density at radius 3 is 2.21 bits per heavy atom. The van der Waals surface area contributed by atoms with E-state index in [0.29, 0.717) is 26.2 Å². The van der Waals surface area contributed by atoms with E-state index in [0.717, 1.165) is 25.7 Å².